The molecule has 0 saturated heterocycles. The SMILES string of the molecule is Cc1ccccc1Cn1cccc1CN(Cc1ccccc1)C(=O)CN(C(=O)C1CCCCC1)C1CC1. The summed E-state index contributed by atoms with van der Waals surface area (Å²) in [7, 11) is 0. The highest BCUT2D eigenvalue weighted by Crippen LogP contribution is 2.32. The van der Waals surface area contributed by atoms with Gasteiger partial charge in [0, 0.05) is 36.9 Å². The molecule has 37 heavy (non-hydrogen) atoms. The average molecular weight is 498 g/mol. The Kier molecular flexibility index (Phi) is 8.08. The fraction of sp³-hybridized carbons (Fsp3) is 0.438. The van der Waals surface area contributed by atoms with Crippen LogP contribution in [0, 0.1) is 12.8 Å². The number of rotatable bonds is 10. The maximum Gasteiger partial charge on any atom is 0.242 e. The van der Waals surface area contributed by atoms with E-state index in [1.54, 1.807) is 0 Å². The van der Waals surface area contributed by atoms with Gasteiger partial charge in [-0.3, -0.25) is 9.59 Å². The number of aromatic nitrogens is 1. The van der Waals surface area contributed by atoms with Crippen LogP contribution in [0.25, 0.3) is 0 Å². The summed E-state index contributed by atoms with van der Waals surface area (Å²) in [5.74, 6) is 0.331. The van der Waals surface area contributed by atoms with E-state index in [0.717, 1.165) is 56.3 Å². The molecule has 1 heterocycles. The van der Waals surface area contributed by atoms with Gasteiger partial charge in [-0.15, -0.1) is 0 Å². The van der Waals surface area contributed by atoms with Crippen LogP contribution in [0.2, 0.25) is 0 Å². The van der Waals surface area contributed by atoms with Gasteiger partial charge in [0.15, 0.2) is 0 Å². The summed E-state index contributed by atoms with van der Waals surface area (Å²) in [4.78, 5) is 31.2. The van der Waals surface area contributed by atoms with Crippen molar-refractivity contribution in [3.8, 4) is 0 Å². The van der Waals surface area contributed by atoms with Crippen molar-refractivity contribution in [2.75, 3.05) is 6.54 Å². The van der Waals surface area contributed by atoms with Crippen LogP contribution in [0.4, 0.5) is 0 Å². The van der Waals surface area contributed by atoms with Crippen molar-refractivity contribution in [1.29, 1.82) is 0 Å². The van der Waals surface area contributed by atoms with Gasteiger partial charge in [-0.1, -0.05) is 73.9 Å². The molecule has 0 aliphatic heterocycles. The Bertz CT molecular complexity index is 1190. The number of nitrogens with zero attached hydrogens (tertiary/aromatic N) is 3. The molecule has 2 aliphatic carbocycles. The number of carbonyl (C=O) groups excluding carboxylic acids is 2. The maximum absolute atomic E-state index is 13.9. The minimum Gasteiger partial charge on any atom is -0.345 e. The Balaban J connectivity index is 1.34. The Hall–Kier alpha value is -3.34. The van der Waals surface area contributed by atoms with Crippen molar-refractivity contribution in [2.24, 2.45) is 5.92 Å². The topological polar surface area (TPSA) is 45.6 Å². The normalized spacial score (nSPS) is 15.9. The summed E-state index contributed by atoms with van der Waals surface area (Å²) < 4.78 is 2.24. The Morgan fingerprint density at radius 1 is 0.838 bits per heavy atom. The minimum absolute atomic E-state index is 0.0311. The largest absolute Gasteiger partial charge is 0.345 e. The number of benzene rings is 2. The molecule has 194 valence electrons. The maximum atomic E-state index is 13.9. The number of hydrogen-bond acceptors (Lipinski definition) is 2. The lowest BCUT2D eigenvalue weighted by Gasteiger charge is -2.31. The molecule has 5 rings (SSSR count). The molecule has 5 nitrogen and oxygen atoms in total. The van der Waals surface area contributed by atoms with Gasteiger partial charge in [0.2, 0.25) is 11.8 Å². The van der Waals surface area contributed by atoms with Gasteiger partial charge in [-0.25, -0.2) is 0 Å². The van der Waals surface area contributed by atoms with E-state index in [9.17, 15) is 9.59 Å². The van der Waals surface area contributed by atoms with Crippen LogP contribution in [-0.2, 0) is 29.2 Å². The van der Waals surface area contributed by atoms with Crippen molar-refractivity contribution in [3.05, 3.63) is 95.3 Å². The molecule has 2 aromatic carbocycles. The van der Waals surface area contributed by atoms with E-state index in [2.05, 4.69) is 66.2 Å². The van der Waals surface area contributed by atoms with Gasteiger partial charge in [0.05, 0.1) is 6.54 Å². The van der Waals surface area contributed by atoms with Crippen molar-refractivity contribution in [2.45, 2.75) is 77.5 Å². The first-order valence-corrected chi connectivity index (χ1v) is 13.9. The summed E-state index contributed by atoms with van der Waals surface area (Å²) >= 11 is 0. The second-order valence-electron chi connectivity index (χ2n) is 10.8. The molecule has 2 amide bonds. The molecule has 2 saturated carbocycles. The first-order valence-electron chi connectivity index (χ1n) is 13.9. The van der Waals surface area contributed by atoms with Crippen molar-refractivity contribution in [1.82, 2.24) is 14.4 Å². The molecule has 0 N–H and O–H groups in total. The average Bonchev–Trinajstić information content (AvgIpc) is 3.68. The smallest absolute Gasteiger partial charge is 0.242 e. The molecular formula is C32H39N3O2. The predicted molar refractivity (Wildman–Crippen MR) is 147 cm³/mol. The van der Waals surface area contributed by atoms with Gasteiger partial charge in [-0.2, -0.15) is 0 Å². The number of amides is 2. The zero-order chi connectivity index (χ0) is 25.6. The standard InChI is InChI=1S/C32H39N3O2/c1-25-11-8-9-16-28(25)22-33-20-10-17-30(33)23-34(21-26-12-4-2-5-13-26)31(36)24-35(29-18-19-29)32(37)27-14-6-3-7-15-27/h2,4-5,8-13,16-17,20,27,29H,3,6-7,14-15,18-19,21-24H2,1H3. The summed E-state index contributed by atoms with van der Waals surface area (Å²) in [5, 5.41) is 0. The van der Waals surface area contributed by atoms with Crippen LogP contribution < -0.4 is 0 Å². The molecular weight excluding hydrogens is 458 g/mol. The highest BCUT2D eigenvalue weighted by atomic mass is 16.2. The number of hydrogen-bond donors (Lipinski definition) is 0. The summed E-state index contributed by atoms with van der Waals surface area (Å²) in [6.07, 6.45) is 9.54. The van der Waals surface area contributed by atoms with E-state index in [0.29, 0.717) is 13.1 Å². The van der Waals surface area contributed by atoms with Gasteiger partial charge in [-0.05, 0) is 61.4 Å². The minimum atomic E-state index is 0.0311. The Morgan fingerprint density at radius 2 is 1.57 bits per heavy atom. The van der Waals surface area contributed by atoms with E-state index in [1.807, 2.05) is 28.0 Å². The van der Waals surface area contributed by atoms with Gasteiger partial charge in [0.1, 0.15) is 6.54 Å². The van der Waals surface area contributed by atoms with Gasteiger partial charge < -0.3 is 14.4 Å². The third-order valence-electron chi connectivity index (χ3n) is 7.98. The Labute approximate surface area is 221 Å². The lowest BCUT2D eigenvalue weighted by atomic mass is 9.88. The van der Waals surface area contributed by atoms with Crippen LogP contribution in [0.15, 0.2) is 72.9 Å². The van der Waals surface area contributed by atoms with Crippen LogP contribution in [0.1, 0.15) is 67.3 Å². The first kappa shape index (κ1) is 25.3. The number of aryl methyl sites for hydroxylation is 1. The lowest BCUT2D eigenvalue weighted by Crippen LogP contribution is -2.46. The molecule has 3 aromatic rings. The van der Waals surface area contributed by atoms with Crippen LogP contribution in [-0.4, -0.2) is 38.8 Å². The molecule has 0 spiro atoms. The van der Waals surface area contributed by atoms with E-state index >= 15 is 0 Å². The highest BCUT2D eigenvalue weighted by molar-refractivity contribution is 5.86. The molecule has 0 atom stereocenters. The summed E-state index contributed by atoms with van der Waals surface area (Å²) in [6, 6.07) is 23.0. The first-order chi connectivity index (χ1) is 18.1. The van der Waals surface area contributed by atoms with Gasteiger partial charge in [0.25, 0.3) is 0 Å². The second-order valence-corrected chi connectivity index (χ2v) is 10.8. The third kappa shape index (κ3) is 6.51. The second kappa shape index (κ2) is 11.8. The predicted octanol–water partition coefficient (Wildman–Crippen LogP) is 5.94. The number of carbonyl (C=O) groups is 2. The molecule has 1 aromatic heterocycles. The van der Waals surface area contributed by atoms with E-state index in [4.69, 9.17) is 0 Å². The van der Waals surface area contributed by atoms with E-state index < -0.39 is 0 Å². The lowest BCUT2D eigenvalue weighted by molar-refractivity contribution is -0.144. The summed E-state index contributed by atoms with van der Waals surface area (Å²) in [5.41, 5.74) is 4.74. The zero-order valence-corrected chi connectivity index (χ0v) is 22.0. The van der Waals surface area contributed by atoms with Crippen molar-refractivity contribution < 1.29 is 9.59 Å². The van der Waals surface area contributed by atoms with Crippen molar-refractivity contribution >= 4 is 11.8 Å². The van der Waals surface area contributed by atoms with Crippen LogP contribution in [0.3, 0.4) is 0 Å². The molecule has 0 radical (unpaired) electrons. The molecule has 0 bridgehead atoms. The fourth-order valence-corrected chi connectivity index (χ4v) is 5.55. The molecule has 5 heteroatoms. The van der Waals surface area contributed by atoms with E-state index in [-0.39, 0.29) is 30.3 Å². The quantitative estimate of drug-likeness (QED) is 0.348. The zero-order valence-electron chi connectivity index (χ0n) is 22.0. The van der Waals surface area contributed by atoms with E-state index in [1.165, 1.54) is 17.5 Å². The molecule has 0 unspecified atom stereocenters. The molecule has 2 aliphatic rings. The summed E-state index contributed by atoms with van der Waals surface area (Å²) in [6.45, 7) is 4.15. The molecule has 2 fully saturated rings. The highest BCUT2D eigenvalue weighted by Gasteiger charge is 2.38. The third-order valence-corrected chi connectivity index (χ3v) is 7.98. The van der Waals surface area contributed by atoms with Crippen LogP contribution in [0.5, 0.6) is 0 Å². The Morgan fingerprint density at radius 3 is 2.30 bits per heavy atom. The van der Waals surface area contributed by atoms with Gasteiger partial charge >= 0.3 is 0 Å². The fourth-order valence-electron chi connectivity index (χ4n) is 5.55. The van der Waals surface area contributed by atoms with Crippen LogP contribution >= 0.6 is 0 Å². The monoisotopic (exact) mass is 497 g/mol. The van der Waals surface area contributed by atoms with Crippen molar-refractivity contribution in [3.63, 3.8) is 0 Å².